The molecule has 0 N–H and O–H groups in total. The Kier molecular flexibility index (Phi) is 5.07. The van der Waals surface area contributed by atoms with Crippen LogP contribution in [0.4, 0.5) is 10.1 Å². The van der Waals surface area contributed by atoms with Crippen molar-refractivity contribution in [2.75, 3.05) is 11.6 Å². The second-order valence-corrected chi connectivity index (χ2v) is 6.59. The average Bonchev–Trinajstić information content (AvgIpc) is 3.38. The number of ether oxygens (including phenoxy) is 1. The maximum Gasteiger partial charge on any atom is 0.354 e. The average molecular weight is 394 g/mol. The number of esters is 1. The normalized spacial score (nSPS) is 16.0. The van der Waals surface area contributed by atoms with Crippen LogP contribution in [0.15, 0.2) is 58.2 Å². The van der Waals surface area contributed by atoms with E-state index in [1.807, 2.05) is 30.3 Å². The van der Waals surface area contributed by atoms with Crippen LogP contribution >= 0.6 is 0 Å². The molecule has 0 aliphatic carbocycles. The van der Waals surface area contributed by atoms with Crippen LogP contribution in [0.3, 0.4) is 0 Å². The van der Waals surface area contributed by atoms with Gasteiger partial charge in [-0.2, -0.15) is 10.1 Å². The molecular weight excluding hydrogens is 375 g/mol. The first-order chi connectivity index (χ1) is 14.1. The number of nitrogens with zero attached hydrogens (tertiary/aromatic N) is 4. The molecule has 0 spiro atoms. The van der Waals surface area contributed by atoms with E-state index in [2.05, 4.69) is 15.2 Å². The molecule has 0 bridgehead atoms. The van der Waals surface area contributed by atoms with E-state index in [4.69, 9.17) is 9.26 Å². The number of anilines is 1. The number of benzene rings is 2. The Morgan fingerprint density at radius 2 is 2.07 bits per heavy atom. The van der Waals surface area contributed by atoms with Gasteiger partial charge in [0.05, 0.1) is 12.3 Å². The summed E-state index contributed by atoms with van der Waals surface area (Å²) in [7, 11) is 0. The smallest absolute Gasteiger partial charge is 0.354 e. The first-order valence-corrected chi connectivity index (χ1v) is 9.26. The third-order valence-electron chi connectivity index (χ3n) is 4.60. The fourth-order valence-corrected chi connectivity index (χ4v) is 3.08. The highest BCUT2D eigenvalue weighted by molar-refractivity contribution is 6.37. The van der Waals surface area contributed by atoms with Crippen molar-refractivity contribution >= 4 is 17.4 Å². The minimum absolute atomic E-state index is 0.261. The van der Waals surface area contributed by atoms with E-state index >= 15 is 0 Å². The van der Waals surface area contributed by atoms with Crippen molar-refractivity contribution in [1.29, 1.82) is 0 Å². The number of halogens is 1. The molecule has 1 aromatic heterocycles. The Labute approximate surface area is 166 Å². The third-order valence-corrected chi connectivity index (χ3v) is 4.60. The predicted molar refractivity (Wildman–Crippen MR) is 105 cm³/mol. The number of hydrogen-bond acceptors (Lipinski definition) is 7. The largest absolute Gasteiger partial charge is 0.461 e. The van der Waals surface area contributed by atoms with Gasteiger partial charge in [0.15, 0.2) is 0 Å². The molecule has 1 aliphatic rings. The van der Waals surface area contributed by atoms with Gasteiger partial charge in [-0.05, 0) is 37.6 Å². The van der Waals surface area contributed by atoms with Crippen LogP contribution < -0.4 is 5.01 Å². The van der Waals surface area contributed by atoms with Gasteiger partial charge < -0.3 is 9.26 Å². The Bertz CT molecular complexity index is 1060. The van der Waals surface area contributed by atoms with Gasteiger partial charge in [-0.1, -0.05) is 35.5 Å². The van der Waals surface area contributed by atoms with Crippen molar-refractivity contribution in [3.05, 3.63) is 65.8 Å². The highest BCUT2D eigenvalue weighted by atomic mass is 19.1. The molecule has 148 valence electrons. The van der Waals surface area contributed by atoms with Gasteiger partial charge in [-0.25, -0.2) is 9.18 Å². The van der Waals surface area contributed by atoms with Crippen LogP contribution in [-0.4, -0.2) is 28.4 Å². The van der Waals surface area contributed by atoms with Crippen molar-refractivity contribution in [2.45, 2.75) is 26.3 Å². The first kappa shape index (κ1) is 18.8. The number of aryl methyl sites for hydroxylation is 1. The summed E-state index contributed by atoms with van der Waals surface area (Å²) in [6, 6.07) is 13.7. The van der Waals surface area contributed by atoms with Crippen molar-refractivity contribution in [2.24, 2.45) is 5.10 Å². The van der Waals surface area contributed by atoms with Crippen molar-refractivity contribution in [1.82, 2.24) is 10.1 Å². The van der Waals surface area contributed by atoms with Gasteiger partial charge in [-0.15, -0.1) is 0 Å². The molecule has 8 heteroatoms. The van der Waals surface area contributed by atoms with E-state index in [0.29, 0.717) is 11.1 Å². The lowest BCUT2D eigenvalue weighted by atomic mass is 10.1. The van der Waals surface area contributed by atoms with Crippen LogP contribution in [0, 0.1) is 12.7 Å². The Hall–Kier alpha value is -3.55. The first-order valence-electron chi connectivity index (χ1n) is 9.26. The van der Waals surface area contributed by atoms with E-state index in [1.165, 1.54) is 6.07 Å². The highest BCUT2D eigenvalue weighted by Crippen LogP contribution is 2.35. The molecular formula is C21H19FN4O3. The van der Waals surface area contributed by atoms with Crippen molar-refractivity contribution in [3.8, 4) is 11.4 Å². The van der Waals surface area contributed by atoms with E-state index in [-0.39, 0.29) is 36.3 Å². The molecule has 0 saturated carbocycles. The summed E-state index contributed by atoms with van der Waals surface area (Å²) < 4.78 is 24.5. The number of aromatic nitrogens is 2. The van der Waals surface area contributed by atoms with Crippen LogP contribution in [0.2, 0.25) is 0 Å². The molecule has 4 rings (SSSR count). The van der Waals surface area contributed by atoms with E-state index in [9.17, 15) is 9.18 Å². The van der Waals surface area contributed by atoms with Gasteiger partial charge in [-0.3, -0.25) is 5.01 Å². The molecule has 7 nitrogen and oxygen atoms in total. The monoisotopic (exact) mass is 394 g/mol. The fraction of sp³-hybridized carbons (Fsp3) is 0.238. The fourth-order valence-electron chi connectivity index (χ4n) is 3.08. The van der Waals surface area contributed by atoms with E-state index in [1.54, 1.807) is 31.0 Å². The van der Waals surface area contributed by atoms with E-state index < -0.39 is 12.0 Å². The number of hydrazone groups is 1. The molecule has 0 saturated heterocycles. The van der Waals surface area contributed by atoms with Gasteiger partial charge in [0.2, 0.25) is 5.82 Å². The number of rotatable bonds is 5. The Morgan fingerprint density at radius 1 is 1.28 bits per heavy atom. The topological polar surface area (TPSA) is 80.8 Å². The molecule has 0 fully saturated rings. The lowest BCUT2D eigenvalue weighted by Gasteiger charge is -2.20. The molecule has 2 aromatic carbocycles. The van der Waals surface area contributed by atoms with Gasteiger partial charge in [0.25, 0.3) is 5.89 Å². The van der Waals surface area contributed by atoms with Gasteiger partial charge in [0.1, 0.15) is 17.6 Å². The van der Waals surface area contributed by atoms with E-state index in [0.717, 1.165) is 5.69 Å². The molecule has 0 radical (unpaired) electrons. The molecule has 29 heavy (non-hydrogen) atoms. The standard InChI is InChI=1S/C21H19FN4O3/c1-3-28-21(27)17-12-18(26(24-17)15-7-5-4-6-8-15)20-23-19(25-29-20)14-10-9-13(2)16(22)11-14/h4-11,18H,3,12H2,1-2H3. The predicted octanol–water partition coefficient (Wildman–Crippen LogP) is 4.05. The zero-order valence-corrected chi connectivity index (χ0v) is 16.0. The lowest BCUT2D eigenvalue weighted by Crippen LogP contribution is -2.19. The SMILES string of the molecule is CCOC(=O)C1=NN(c2ccccc2)C(c2nc(-c3ccc(C)c(F)c3)no2)C1. The summed E-state index contributed by atoms with van der Waals surface area (Å²) in [5.41, 5.74) is 2.11. The lowest BCUT2D eigenvalue weighted by molar-refractivity contribution is -0.135. The van der Waals surface area contributed by atoms with Crippen LogP contribution in [0.5, 0.6) is 0 Å². The summed E-state index contributed by atoms with van der Waals surface area (Å²) in [5.74, 6) is -0.255. The Morgan fingerprint density at radius 3 is 2.79 bits per heavy atom. The van der Waals surface area contributed by atoms with Gasteiger partial charge in [0, 0.05) is 12.0 Å². The van der Waals surface area contributed by atoms with Crippen molar-refractivity contribution in [3.63, 3.8) is 0 Å². The Balaban J connectivity index is 1.67. The van der Waals surface area contributed by atoms with Crippen LogP contribution in [-0.2, 0) is 9.53 Å². The van der Waals surface area contributed by atoms with Gasteiger partial charge >= 0.3 is 5.97 Å². The van der Waals surface area contributed by atoms with Crippen LogP contribution in [0.1, 0.15) is 30.8 Å². The number of carbonyl (C=O) groups is 1. The third kappa shape index (κ3) is 3.73. The maximum atomic E-state index is 13.9. The molecule has 1 aliphatic heterocycles. The number of hydrogen-bond donors (Lipinski definition) is 0. The summed E-state index contributed by atoms with van der Waals surface area (Å²) in [6.07, 6.45) is 0.262. The summed E-state index contributed by atoms with van der Waals surface area (Å²) in [4.78, 5) is 16.6. The highest BCUT2D eigenvalue weighted by Gasteiger charge is 2.37. The number of carbonyl (C=O) groups excluding carboxylic acids is 1. The molecule has 1 unspecified atom stereocenters. The molecule has 0 amide bonds. The second-order valence-electron chi connectivity index (χ2n) is 6.59. The van der Waals surface area contributed by atoms with Crippen molar-refractivity contribution < 1.29 is 18.4 Å². The second kappa shape index (κ2) is 7.83. The summed E-state index contributed by atoms with van der Waals surface area (Å²) in [5, 5.41) is 10.1. The summed E-state index contributed by atoms with van der Waals surface area (Å²) >= 11 is 0. The zero-order valence-electron chi connectivity index (χ0n) is 16.0. The minimum Gasteiger partial charge on any atom is -0.461 e. The van der Waals surface area contributed by atoms with Crippen LogP contribution in [0.25, 0.3) is 11.4 Å². The quantitative estimate of drug-likeness (QED) is 0.607. The summed E-state index contributed by atoms with van der Waals surface area (Å²) in [6.45, 7) is 3.69. The number of para-hydroxylation sites is 1. The molecule has 2 heterocycles. The zero-order chi connectivity index (χ0) is 20.4. The maximum absolute atomic E-state index is 13.9. The molecule has 3 aromatic rings. The molecule has 1 atom stereocenters. The minimum atomic E-state index is -0.476.